The molecule has 0 fully saturated rings. The molecule has 2 heteroatoms. The van der Waals surface area contributed by atoms with E-state index in [-0.39, 0.29) is 11.0 Å². The lowest BCUT2D eigenvalue weighted by atomic mass is 9.86. The first-order valence-corrected chi connectivity index (χ1v) is 6.37. The third kappa shape index (κ3) is 3.19. The van der Waals surface area contributed by atoms with E-state index >= 15 is 0 Å². The highest BCUT2D eigenvalue weighted by molar-refractivity contribution is 5.64. The summed E-state index contributed by atoms with van der Waals surface area (Å²) in [6, 6.07) is 14.7. The molecule has 0 saturated heterocycles. The molecular weight excluding hydrogens is 242 g/mol. The minimum Gasteiger partial charge on any atom is -0.205 e. The largest absolute Gasteiger partial charge is 0.263 e. The molecule has 0 spiro atoms. The smallest absolute Gasteiger partial charge is 0.205 e. The molecule has 0 aliphatic heterocycles. The second kappa shape index (κ2) is 5.12. The monoisotopic (exact) mass is 260 g/mol. The lowest BCUT2D eigenvalue weighted by Crippen LogP contribution is -2.10. The molecule has 0 nitrogen and oxygen atoms in total. The molecule has 2 aromatic rings. The SMILES string of the molecule is CC(C)(C)c1ccc(-c2ccc(C(F)F)cc2)cc1. The maximum absolute atomic E-state index is 12.5. The van der Waals surface area contributed by atoms with Gasteiger partial charge in [0.05, 0.1) is 0 Å². The Labute approximate surface area is 113 Å². The average molecular weight is 260 g/mol. The van der Waals surface area contributed by atoms with Crippen LogP contribution < -0.4 is 0 Å². The number of benzene rings is 2. The van der Waals surface area contributed by atoms with Gasteiger partial charge in [-0.25, -0.2) is 8.78 Å². The van der Waals surface area contributed by atoms with Crippen LogP contribution in [-0.2, 0) is 5.41 Å². The molecule has 0 heterocycles. The lowest BCUT2D eigenvalue weighted by molar-refractivity contribution is 0.151. The van der Waals surface area contributed by atoms with Gasteiger partial charge in [-0.3, -0.25) is 0 Å². The number of halogens is 2. The molecule has 0 aliphatic carbocycles. The zero-order valence-electron chi connectivity index (χ0n) is 11.5. The van der Waals surface area contributed by atoms with E-state index < -0.39 is 6.43 Å². The van der Waals surface area contributed by atoms with Crippen LogP contribution in [0.4, 0.5) is 8.78 Å². The molecule has 0 saturated carbocycles. The molecule has 0 aromatic heterocycles. The first-order chi connectivity index (χ1) is 8.88. The Balaban J connectivity index is 2.27. The number of hydrogen-bond donors (Lipinski definition) is 0. The van der Waals surface area contributed by atoms with E-state index in [0.29, 0.717) is 0 Å². The predicted octanol–water partition coefficient (Wildman–Crippen LogP) is 5.59. The molecule has 0 amide bonds. The number of rotatable bonds is 2. The quantitative estimate of drug-likeness (QED) is 0.660. The van der Waals surface area contributed by atoms with E-state index in [4.69, 9.17) is 0 Å². The molecular formula is C17H18F2. The number of hydrogen-bond acceptors (Lipinski definition) is 0. The van der Waals surface area contributed by atoms with Crippen molar-refractivity contribution >= 4 is 0 Å². The molecule has 0 unspecified atom stereocenters. The maximum Gasteiger partial charge on any atom is 0.263 e. The molecule has 0 atom stereocenters. The van der Waals surface area contributed by atoms with E-state index in [1.807, 2.05) is 12.1 Å². The van der Waals surface area contributed by atoms with Gasteiger partial charge in [-0.05, 0) is 22.1 Å². The second-order valence-corrected chi connectivity index (χ2v) is 5.75. The molecule has 0 bridgehead atoms. The van der Waals surface area contributed by atoms with Crippen LogP contribution in [0.1, 0.15) is 38.3 Å². The van der Waals surface area contributed by atoms with Crippen LogP contribution >= 0.6 is 0 Å². The van der Waals surface area contributed by atoms with Crippen molar-refractivity contribution in [2.75, 3.05) is 0 Å². The van der Waals surface area contributed by atoms with E-state index in [1.54, 1.807) is 12.1 Å². The van der Waals surface area contributed by atoms with Gasteiger partial charge in [0.15, 0.2) is 0 Å². The summed E-state index contributed by atoms with van der Waals surface area (Å²) in [6.45, 7) is 6.50. The van der Waals surface area contributed by atoms with Gasteiger partial charge < -0.3 is 0 Å². The van der Waals surface area contributed by atoms with Gasteiger partial charge in [-0.1, -0.05) is 69.3 Å². The lowest BCUT2D eigenvalue weighted by Gasteiger charge is -2.19. The van der Waals surface area contributed by atoms with E-state index in [2.05, 4.69) is 32.9 Å². The summed E-state index contributed by atoms with van der Waals surface area (Å²) >= 11 is 0. The summed E-state index contributed by atoms with van der Waals surface area (Å²) in [4.78, 5) is 0. The van der Waals surface area contributed by atoms with Gasteiger partial charge in [0, 0.05) is 5.56 Å². The van der Waals surface area contributed by atoms with E-state index in [0.717, 1.165) is 11.1 Å². The predicted molar refractivity (Wildman–Crippen MR) is 75.5 cm³/mol. The summed E-state index contributed by atoms with van der Waals surface area (Å²) in [5, 5.41) is 0. The van der Waals surface area contributed by atoms with Gasteiger partial charge in [0.1, 0.15) is 0 Å². The van der Waals surface area contributed by atoms with E-state index in [9.17, 15) is 8.78 Å². The van der Waals surface area contributed by atoms with Gasteiger partial charge in [0.2, 0.25) is 0 Å². The molecule has 19 heavy (non-hydrogen) atoms. The Morgan fingerprint density at radius 1 is 0.737 bits per heavy atom. The van der Waals surface area contributed by atoms with Crippen LogP contribution in [0.15, 0.2) is 48.5 Å². The van der Waals surface area contributed by atoms with Crippen molar-refractivity contribution in [2.45, 2.75) is 32.6 Å². The highest BCUT2D eigenvalue weighted by Gasteiger charge is 2.13. The fraction of sp³-hybridized carbons (Fsp3) is 0.294. The van der Waals surface area contributed by atoms with E-state index in [1.165, 1.54) is 17.7 Å². The van der Waals surface area contributed by atoms with Crippen LogP contribution in [0.25, 0.3) is 11.1 Å². The Bertz CT molecular complexity index is 531. The average Bonchev–Trinajstić information content (AvgIpc) is 2.38. The minimum atomic E-state index is -2.41. The van der Waals surface area contributed by atoms with Gasteiger partial charge in [-0.15, -0.1) is 0 Å². The summed E-state index contributed by atoms with van der Waals surface area (Å²) in [7, 11) is 0. The molecule has 0 radical (unpaired) electrons. The van der Waals surface area contributed by atoms with Crippen LogP contribution in [0, 0.1) is 0 Å². The Hall–Kier alpha value is -1.70. The first-order valence-electron chi connectivity index (χ1n) is 6.37. The van der Waals surface area contributed by atoms with Crippen molar-refractivity contribution in [1.82, 2.24) is 0 Å². The van der Waals surface area contributed by atoms with Gasteiger partial charge in [-0.2, -0.15) is 0 Å². The standard InChI is InChI=1S/C17H18F2/c1-17(2,3)15-10-8-13(9-11-15)12-4-6-14(7-5-12)16(18)19/h4-11,16H,1-3H3. The summed E-state index contributed by atoms with van der Waals surface area (Å²) in [5.74, 6) is 0. The van der Waals surface area contributed by atoms with Gasteiger partial charge in [0.25, 0.3) is 6.43 Å². The third-order valence-electron chi connectivity index (χ3n) is 3.25. The maximum atomic E-state index is 12.5. The molecule has 0 aliphatic rings. The van der Waals surface area contributed by atoms with Crippen LogP contribution in [0.5, 0.6) is 0 Å². The van der Waals surface area contributed by atoms with Crippen molar-refractivity contribution in [2.24, 2.45) is 0 Å². The minimum absolute atomic E-state index is 0.0649. The highest BCUT2D eigenvalue weighted by atomic mass is 19.3. The number of alkyl halides is 2. The first kappa shape index (κ1) is 13.7. The fourth-order valence-corrected chi connectivity index (χ4v) is 1.98. The Morgan fingerprint density at radius 2 is 1.16 bits per heavy atom. The highest BCUT2D eigenvalue weighted by Crippen LogP contribution is 2.27. The van der Waals surface area contributed by atoms with Gasteiger partial charge >= 0.3 is 0 Å². The normalized spacial score (nSPS) is 11.9. The van der Waals surface area contributed by atoms with Crippen molar-refractivity contribution < 1.29 is 8.78 Å². The van der Waals surface area contributed by atoms with Crippen molar-refractivity contribution in [3.8, 4) is 11.1 Å². The summed E-state index contributed by atoms with van der Waals surface area (Å²) in [5.41, 5.74) is 3.46. The topological polar surface area (TPSA) is 0 Å². The van der Waals surface area contributed by atoms with Crippen LogP contribution in [0.3, 0.4) is 0 Å². The summed E-state index contributed by atoms with van der Waals surface area (Å²) < 4.78 is 25.0. The molecule has 0 N–H and O–H groups in total. The van der Waals surface area contributed by atoms with Crippen molar-refractivity contribution in [3.63, 3.8) is 0 Å². The molecule has 2 aromatic carbocycles. The third-order valence-corrected chi connectivity index (χ3v) is 3.25. The van der Waals surface area contributed by atoms with Crippen LogP contribution in [-0.4, -0.2) is 0 Å². The zero-order chi connectivity index (χ0) is 14.0. The van der Waals surface area contributed by atoms with Crippen LogP contribution in [0.2, 0.25) is 0 Å². The van der Waals surface area contributed by atoms with Crippen molar-refractivity contribution in [1.29, 1.82) is 0 Å². The summed E-state index contributed by atoms with van der Waals surface area (Å²) in [6.07, 6.45) is -2.41. The van der Waals surface area contributed by atoms with Crippen molar-refractivity contribution in [3.05, 3.63) is 59.7 Å². The Morgan fingerprint density at radius 3 is 1.53 bits per heavy atom. The Kier molecular flexibility index (Phi) is 3.70. The zero-order valence-corrected chi connectivity index (χ0v) is 11.5. The fourth-order valence-electron chi connectivity index (χ4n) is 1.98. The second-order valence-electron chi connectivity index (χ2n) is 5.75. The molecule has 100 valence electrons. The molecule has 2 rings (SSSR count).